The largest absolute Gasteiger partial charge is 0.494 e. The second-order valence-electron chi connectivity index (χ2n) is 5.19. The van der Waals surface area contributed by atoms with Crippen LogP contribution in [0.15, 0.2) is 14.6 Å². The Labute approximate surface area is 124 Å². The van der Waals surface area contributed by atoms with Gasteiger partial charge in [-0.2, -0.15) is 0 Å². The molecule has 0 aliphatic rings. The highest BCUT2D eigenvalue weighted by atomic mass is 16.3. The van der Waals surface area contributed by atoms with Gasteiger partial charge in [-0.3, -0.25) is 19.3 Å². The Morgan fingerprint density at radius 2 is 2.05 bits per heavy atom. The van der Waals surface area contributed by atoms with E-state index < -0.39 is 11.2 Å². The first-order valence-electron chi connectivity index (χ1n) is 7.18. The normalized spacial score (nSPS) is 11.6. The Kier molecular flexibility index (Phi) is 6.87. The first-order chi connectivity index (χ1) is 9.97. The highest BCUT2D eigenvalue weighted by Crippen LogP contribution is 2.08. The van der Waals surface area contributed by atoms with Crippen LogP contribution in [0.4, 0.5) is 0 Å². The van der Waals surface area contributed by atoms with Crippen LogP contribution in [-0.4, -0.2) is 53.0 Å². The van der Waals surface area contributed by atoms with Crippen LogP contribution < -0.4 is 11.2 Å². The van der Waals surface area contributed by atoms with Gasteiger partial charge in [-0.25, -0.2) is 4.79 Å². The van der Waals surface area contributed by atoms with E-state index in [-0.39, 0.29) is 11.4 Å². The number of rotatable bonds is 8. The Morgan fingerprint density at radius 3 is 2.67 bits per heavy atom. The molecule has 0 bridgehead atoms. The van der Waals surface area contributed by atoms with Gasteiger partial charge in [0.15, 0.2) is 0 Å². The van der Waals surface area contributed by atoms with Crippen molar-refractivity contribution in [1.29, 1.82) is 0 Å². The van der Waals surface area contributed by atoms with Crippen molar-refractivity contribution in [1.82, 2.24) is 14.5 Å². The number of H-pyrrole nitrogens is 1. The van der Waals surface area contributed by atoms with Gasteiger partial charge >= 0.3 is 5.69 Å². The van der Waals surface area contributed by atoms with E-state index in [1.165, 1.54) is 10.8 Å². The van der Waals surface area contributed by atoms with E-state index >= 15 is 0 Å². The van der Waals surface area contributed by atoms with E-state index in [0.717, 1.165) is 25.8 Å². The topological polar surface area (TPSA) is 90.7 Å². The molecule has 0 fully saturated rings. The molecule has 0 saturated heterocycles. The van der Waals surface area contributed by atoms with E-state index in [0.29, 0.717) is 13.1 Å². The lowest BCUT2D eigenvalue weighted by atomic mass is 10.3. The van der Waals surface area contributed by atoms with Crippen LogP contribution in [0.3, 0.4) is 0 Å². The molecule has 7 nitrogen and oxygen atoms in total. The average Bonchev–Trinajstić information content (AvgIpc) is 2.41. The predicted octanol–water partition coefficient (Wildman–Crippen LogP) is 0.413. The minimum absolute atomic E-state index is 0.0376. The molecule has 0 atom stereocenters. The Morgan fingerprint density at radius 1 is 1.33 bits per heavy atom. The van der Waals surface area contributed by atoms with Crippen molar-refractivity contribution >= 4 is 6.21 Å². The van der Waals surface area contributed by atoms with Crippen LogP contribution in [-0.2, 0) is 6.54 Å². The van der Waals surface area contributed by atoms with E-state index in [1.54, 1.807) is 0 Å². The van der Waals surface area contributed by atoms with Gasteiger partial charge in [0.25, 0.3) is 5.56 Å². The van der Waals surface area contributed by atoms with Crippen molar-refractivity contribution in [3.8, 4) is 5.88 Å². The summed E-state index contributed by atoms with van der Waals surface area (Å²) in [6, 6.07) is 0. The van der Waals surface area contributed by atoms with E-state index in [1.807, 2.05) is 25.9 Å². The second kappa shape index (κ2) is 8.41. The third kappa shape index (κ3) is 5.18. The molecule has 0 aromatic carbocycles. The Hall–Kier alpha value is -1.89. The van der Waals surface area contributed by atoms with Gasteiger partial charge in [0.05, 0.1) is 0 Å². The van der Waals surface area contributed by atoms with E-state index in [4.69, 9.17) is 0 Å². The summed E-state index contributed by atoms with van der Waals surface area (Å²) in [6.45, 7) is 3.82. The number of unbranched alkanes of at least 4 members (excludes halogenated alkanes) is 1. The molecule has 0 spiro atoms. The summed E-state index contributed by atoms with van der Waals surface area (Å²) in [7, 11) is 3.95. The molecule has 21 heavy (non-hydrogen) atoms. The molecule has 7 heteroatoms. The number of hydrogen-bond donors (Lipinski definition) is 2. The van der Waals surface area contributed by atoms with Crippen molar-refractivity contribution in [2.75, 3.05) is 27.2 Å². The van der Waals surface area contributed by atoms with Gasteiger partial charge in [-0.1, -0.05) is 13.3 Å². The molecule has 0 aliphatic carbocycles. The van der Waals surface area contributed by atoms with E-state index in [2.05, 4.69) is 9.98 Å². The third-order valence-electron chi connectivity index (χ3n) is 3.06. The van der Waals surface area contributed by atoms with Gasteiger partial charge in [-0.05, 0) is 33.5 Å². The first kappa shape index (κ1) is 17.2. The number of aromatic amines is 1. The molecule has 0 amide bonds. The Balaban J connectivity index is 2.89. The standard InChI is InChI=1S/C14H24N4O3/c1-4-5-9-18-13(20)11(12(19)16-14(18)21)10-15-7-6-8-17(2)3/h10,20H,4-9H2,1-3H3,(H,16,19,21). The molecule has 2 N–H and O–H groups in total. The lowest BCUT2D eigenvalue weighted by Gasteiger charge is -2.09. The van der Waals surface area contributed by atoms with Crippen molar-refractivity contribution in [3.05, 3.63) is 26.4 Å². The number of aromatic hydroxyl groups is 1. The monoisotopic (exact) mass is 296 g/mol. The maximum atomic E-state index is 11.7. The minimum atomic E-state index is -0.610. The average molecular weight is 296 g/mol. The summed E-state index contributed by atoms with van der Waals surface area (Å²) in [5.74, 6) is -0.312. The molecule has 1 heterocycles. The van der Waals surface area contributed by atoms with Crippen LogP contribution in [0.2, 0.25) is 0 Å². The van der Waals surface area contributed by atoms with Gasteiger partial charge in [0.2, 0.25) is 5.88 Å². The van der Waals surface area contributed by atoms with Crippen LogP contribution in [0.25, 0.3) is 0 Å². The predicted molar refractivity (Wildman–Crippen MR) is 83.5 cm³/mol. The van der Waals surface area contributed by atoms with Gasteiger partial charge in [0.1, 0.15) is 5.56 Å². The molecule has 1 rings (SSSR count). The number of nitrogens with one attached hydrogen (secondary N) is 1. The zero-order chi connectivity index (χ0) is 15.8. The van der Waals surface area contributed by atoms with Crippen molar-refractivity contribution < 1.29 is 5.11 Å². The highest BCUT2D eigenvalue weighted by molar-refractivity contribution is 5.81. The molecule has 1 aromatic heterocycles. The van der Waals surface area contributed by atoms with Crippen molar-refractivity contribution in [2.45, 2.75) is 32.7 Å². The molecule has 0 aliphatic heterocycles. The number of nitrogens with zero attached hydrogens (tertiary/aromatic N) is 3. The fraction of sp³-hybridized carbons (Fsp3) is 0.643. The smallest absolute Gasteiger partial charge is 0.331 e. The first-order valence-corrected chi connectivity index (χ1v) is 7.18. The summed E-state index contributed by atoms with van der Waals surface area (Å²) >= 11 is 0. The van der Waals surface area contributed by atoms with Gasteiger partial charge in [0, 0.05) is 19.3 Å². The van der Waals surface area contributed by atoms with Crippen molar-refractivity contribution in [3.63, 3.8) is 0 Å². The summed E-state index contributed by atoms with van der Waals surface area (Å²) in [5, 5.41) is 10.1. The fourth-order valence-electron chi connectivity index (χ4n) is 1.85. The quantitative estimate of drug-likeness (QED) is 0.537. The van der Waals surface area contributed by atoms with Crippen LogP contribution in [0, 0.1) is 0 Å². The maximum absolute atomic E-state index is 11.7. The number of aliphatic imine (C=N–C) groups is 1. The summed E-state index contributed by atoms with van der Waals surface area (Å²) in [5.41, 5.74) is -1.16. The van der Waals surface area contributed by atoms with Crippen molar-refractivity contribution in [2.24, 2.45) is 4.99 Å². The molecule has 0 saturated carbocycles. The SMILES string of the molecule is CCCCn1c(O)c(C=NCCCN(C)C)c(=O)[nH]c1=O. The summed E-state index contributed by atoms with van der Waals surface area (Å²) < 4.78 is 1.17. The van der Waals surface area contributed by atoms with Crippen LogP contribution in [0.1, 0.15) is 31.7 Å². The molecule has 0 radical (unpaired) electrons. The zero-order valence-electron chi connectivity index (χ0n) is 12.9. The van der Waals surface area contributed by atoms with Gasteiger partial charge in [-0.15, -0.1) is 0 Å². The molecule has 118 valence electrons. The third-order valence-corrected chi connectivity index (χ3v) is 3.06. The lowest BCUT2D eigenvalue weighted by Crippen LogP contribution is -2.32. The molecular formula is C14H24N4O3. The maximum Gasteiger partial charge on any atom is 0.331 e. The highest BCUT2D eigenvalue weighted by Gasteiger charge is 2.11. The molecule has 1 aromatic rings. The van der Waals surface area contributed by atoms with Crippen LogP contribution in [0.5, 0.6) is 5.88 Å². The zero-order valence-corrected chi connectivity index (χ0v) is 12.9. The van der Waals surface area contributed by atoms with Crippen LogP contribution >= 0.6 is 0 Å². The summed E-state index contributed by atoms with van der Waals surface area (Å²) in [6.07, 6.45) is 3.83. The van der Waals surface area contributed by atoms with Gasteiger partial charge < -0.3 is 10.0 Å². The molecule has 0 unspecified atom stereocenters. The van der Waals surface area contributed by atoms with E-state index in [9.17, 15) is 14.7 Å². The second-order valence-corrected chi connectivity index (χ2v) is 5.19. The summed E-state index contributed by atoms with van der Waals surface area (Å²) in [4.78, 5) is 31.8. The minimum Gasteiger partial charge on any atom is -0.494 e. The number of hydrogen-bond acceptors (Lipinski definition) is 5. The lowest BCUT2D eigenvalue weighted by molar-refractivity contribution is 0.394. The molecular weight excluding hydrogens is 272 g/mol. The fourth-order valence-corrected chi connectivity index (χ4v) is 1.85. The Bertz CT molecular complexity index is 587. The number of aromatic nitrogens is 2.